The van der Waals surface area contributed by atoms with Crippen LogP contribution < -0.4 is 5.32 Å². The summed E-state index contributed by atoms with van der Waals surface area (Å²) >= 11 is 0. The molecule has 3 rings (SSSR count). The van der Waals surface area contributed by atoms with E-state index in [2.05, 4.69) is 10.3 Å². The van der Waals surface area contributed by atoms with Crippen molar-refractivity contribution in [2.24, 2.45) is 0 Å². The Hall–Kier alpha value is -2.82. The van der Waals surface area contributed by atoms with E-state index < -0.39 is 5.97 Å². The zero-order chi connectivity index (χ0) is 17.3. The van der Waals surface area contributed by atoms with Gasteiger partial charge in [-0.3, -0.25) is 9.59 Å². The molecule has 123 valence electrons. The largest absolute Gasteiger partial charge is 0.481 e. The minimum Gasteiger partial charge on any atom is -0.481 e. The van der Waals surface area contributed by atoms with Gasteiger partial charge in [-0.05, 0) is 50.0 Å². The number of aromatic amines is 1. The Morgan fingerprint density at radius 1 is 1.29 bits per heavy atom. The average Bonchev–Trinajstić information content (AvgIpc) is 2.98. The number of rotatable bonds is 5. The van der Waals surface area contributed by atoms with E-state index in [-0.39, 0.29) is 12.3 Å². The van der Waals surface area contributed by atoms with Crippen molar-refractivity contribution in [2.75, 3.05) is 0 Å². The zero-order valence-electron chi connectivity index (χ0n) is 13.7. The second-order valence-electron chi connectivity index (χ2n) is 6.01. The highest BCUT2D eigenvalue weighted by atomic mass is 16.4. The fourth-order valence-electron chi connectivity index (χ4n) is 3.12. The predicted octanol–water partition coefficient (Wildman–Crippen LogP) is 3.36. The first kappa shape index (κ1) is 16.1. The van der Waals surface area contributed by atoms with Crippen molar-refractivity contribution < 1.29 is 14.7 Å². The molecule has 0 aliphatic carbocycles. The molecule has 0 bridgehead atoms. The lowest BCUT2D eigenvalue weighted by atomic mass is 10.0. The fraction of sp³-hybridized carbons (Fsp3) is 0.263. The van der Waals surface area contributed by atoms with Crippen molar-refractivity contribution >= 4 is 29.2 Å². The number of carbonyl (C=O) groups excluding carboxylic acids is 1. The van der Waals surface area contributed by atoms with Crippen molar-refractivity contribution in [1.82, 2.24) is 10.3 Å². The number of carboxylic acid groups (broad SMARTS) is 1. The SMILES string of the molecule is Cc1[nH]c(C=C2C(=O)[N]c3ccccc32)c(C)c1CCCC(=O)O. The molecule has 1 radical (unpaired) electrons. The van der Waals surface area contributed by atoms with Gasteiger partial charge >= 0.3 is 5.97 Å². The number of carbonyl (C=O) groups is 2. The third-order valence-electron chi connectivity index (χ3n) is 4.38. The molecule has 24 heavy (non-hydrogen) atoms. The first-order valence-electron chi connectivity index (χ1n) is 7.94. The number of hydrogen-bond donors (Lipinski definition) is 2. The molecule has 0 spiro atoms. The maximum Gasteiger partial charge on any atom is 0.303 e. The van der Waals surface area contributed by atoms with E-state index in [9.17, 15) is 9.59 Å². The highest BCUT2D eigenvalue weighted by Gasteiger charge is 2.26. The van der Waals surface area contributed by atoms with Crippen molar-refractivity contribution in [3.05, 3.63) is 52.3 Å². The Labute approximate surface area is 140 Å². The number of benzene rings is 1. The minimum atomic E-state index is -0.780. The van der Waals surface area contributed by atoms with Crippen LogP contribution in [0.25, 0.3) is 11.6 Å². The van der Waals surface area contributed by atoms with Gasteiger partial charge in [-0.2, -0.15) is 0 Å². The number of H-pyrrole nitrogens is 1. The molecular formula is C19H19N2O3. The second kappa shape index (κ2) is 6.35. The van der Waals surface area contributed by atoms with E-state index in [4.69, 9.17) is 5.11 Å². The molecule has 0 saturated carbocycles. The number of nitrogens with one attached hydrogen (secondary N) is 1. The summed E-state index contributed by atoms with van der Waals surface area (Å²) in [6.45, 7) is 3.97. The number of hydrogen-bond acceptors (Lipinski definition) is 2. The molecule has 5 nitrogen and oxygen atoms in total. The molecule has 5 heteroatoms. The Morgan fingerprint density at radius 2 is 2.04 bits per heavy atom. The number of aryl methyl sites for hydroxylation is 1. The number of aliphatic carboxylic acids is 1. The van der Waals surface area contributed by atoms with Crippen LogP contribution in [0.15, 0.2) is 24.3 Å². The molecule has 0 saturated heterocycles. The fourth-order valence-corrected chi connectivity index (χ4v) is 3.12. The summed E-state index contributed by atoms with van der Waals surface area (Å²) in [5, 5.41) is 12.9. The number of carboxylic acids is 1. The zero-order valence-corrected chi connectivity index (χ0v) is 13.7. The van der Waals surface area contributed by atoms with Crippen LogP contribution in [0.4, 0.5) is 5.69 Å². The molecule has 0 atom stereocenters. The molecule has 1 aliphatic rings. The molecule has 2 N–H and O–H groups in total. The van der Waals surface area contributed by atoms with E-state index in [1.54, 1.807) is 0 Å². The standard InChI is InChI=1S/C19H19N2O3/c1-11-13(7-5-9-18(22)23)12(2)20-17(11)10-15-14-6-3-4-8-16(14)21-19(15)24/h3-4,6,8,10,20H,5,7,9H2,1-2H3,(H,22,23). The van der Waals surface area contributed by atoms with Crippen LogP contribution in [0.2, 0.25) is 0 Å². The van der Waals surface area contributed by atoms with Gasteiger partial charge in [-0.25, -0.2) is 5.32 Å². The minimum absolute atomic E-state index is 0.158. The Balaban J connectivity index is 1.91. The van der Waals surface area contributed by atoms with Gasteiger partial charge in [0.2, 0.25) is 0 Å². The molecule has 0 fully saturated rings. The molecule has 1 aromatic carbocycles. The third kappa shape index (κ3) is 2.97. The normalized spacial score (nSPS) is 14.8. The Bertz CT molecular complexity index is 846. The van der Waals surface area contributed by atoms with Crippen molar-refractivity contribution in [3.63, 3.8) is 0 Å². The highest BCUT2D eigenvalue weighted by molar-refractivity contribution is 6.30. The first-order valence-corrected chi connectivity index (χ1v) is 7.94. The van der Waals surface area contributed by atoms with Crippen LogP contribution in [0.5, 0.6) is 0 Å². The second-order valence-corrected chi connectivity index (χ2v) is 6.01. The summed E-state index contributed by atoms with van der Waals surface area (Å²) in [5.74, 6) is -1.01. The van der Waals surface area contributed by atoms with Gasteiger partial charge < -0.3 is 10.1 Å². The van der Waals surface area contributed by atoms with Crippen LogP contribution in [-0.4, -0.2) is 22.0 Å². The maximum atomic E-state index is 12.2. The summed E-state index contributed by atoms with van der Waals surface area (Å²) in [7, 11) is 0. The summed E-state index contributed by atoms with van der Waals surface area (Å²) < 4.78 is 0. The predicted molar refractivity (Wildman–Crippen MR) is 92.0 cm³/mol. The summed E-state index contributed by atoms with van der Waals surface area (Å²) in [4.78, 5) is 26.2. The Kier molecular flexibility index (Phi) is 4.25. The number of para-hydroxylation sites is 1. The van der Waals surface area contributed by atoms with Gasteiger partial charge in [0.1, 0.15) is 0 Å². The maximum absolute atomic E-state index is 12.2. The van der Waals surface area contributed by atoms with E-state index in [0.29, 0.717) is 24.1 Å². The summed E-state index contributed by atoms with van der Waals surface area (Å²) in [6, 6.07) is 7.49. The lowest BCUT2D eigenvalue weighted by Crippen LogP contribution is -2.02. The van der Waals surface area contributed by atoms with Gasteiger partial charge in [0.15, 0.2) is 0 Å². The summed E-state index contributed by atoms with van der Waals surface area (Å²) in [6.07, 6.45) is 3.31. The summed E-state index contributed by atoms with van der Waals surface area (Å²) in [5.41, 5.74) is 6.22. The molecule has 2 heterocycles. The van der Waals surface area contributed by atoms with E-state index in [0.717, 1.165) is 28.1 Å². The van der Waals surface area contributed by atoms with Gasteiger partial charge in [-0.1, -0.05) is 18.2 Å². The smallest absolute Gasteiger partial charge is 0.303 e. The van der Waals surface area contributed by atoms with Crippen molar-refractivity contribution in [2.45, 2.75) is 33.1 Å². The van der Waals surface area contributed by atoms with Crippen molar-refractivity contribution in [3.8, 4) is 0 Å². The topological polar surface area (TPSA) is 84.3 Å². The number of aromatic nitrogens is 1. The average molecular weight is 323 g/mol. The highest BCUT2D eigenvalue weighted by Crippen LogP contribution is 2.34. The van der Waals surface area contributed by atoms with Gasteiger partial charge in [0, 0.05) is 23.4 Å². The van der Waals surface area contributed by atoms with Crippen LogP contribution >= 0.6 is 0 Å². The quantitative estimate of drug-likeness (QED) is 0.828. The molecule has 0 unspecified atom stereocenters. The molecule has 1 aliphatic heterocycles. The van der Waals surface area contributed by atoms with Gasteiger partial charge in [0.25, 0.3) is 5.91 Å². The lowest BCUT2D eigenvalue weighted by Gasteiger charge is -2.01. The van der Waals surface area contributed by atoms with Crippen LogP contribution in [-0.2, 0) is 16.0 Å². The number of amides is 1. The molecule has 1 amide bonds. The van der Waals surface area contributed by atoms with Crippen LogP contribution in [0.1, 0.15) is 40.9 Å². The Morgan fingerprint density at radius 3 is 2.79 bits per heavy atom. The van der Waals surface area contributed by atoms with Crippen molar-refractivity contribution in [1.29, 1.82) is 0 Å². The van der Waals surface area contributed by atoms with Gasteiger partial charge in [0.05, 0.1) is 11.3 Å². The van der Waals surface area contributed by atoms with E-state index in [1.165, 1.54) is 0 Å². The number of fused-ring (bicyclic) bond motifs is 1. The van der Waals surface area contributed by atoms with E-state index >= 15 is 0 Å². The molecule has 2 aromatic rings. The lowest BCUT2D eigenvalue weighted by molar-refractivity contribution is -0.137. The van der Waals surface area contributed by atoms with Crippen LogP contribution in [0.3, 0.4) is 0 Å². The third-order valence-corrected chi connectivity index (χ3v) is 4.38. The first-order chi connectivity index (χ1) is 11.5. The van der Waals surface area contributed by atoms with E-state index in [1.807, 2.05) is 44.2 Å². The number of nitrogens with zero attached hydrogens (tertiary/aromatic N) is 1. The van der Waals surface area contributed by atoms with Crippen LogP contribution in [0, 0.1) is 13.8 Å². The molecular weight excluding hydrogens is 304 g/mol. The monoisotopic (exact) mass is 323 g/mol. The van der Waals surface area contributed by atoms with Gasteiger partial charge in [-0.15, -0.1) is 0 Å². The molecule has 1 aromatic heterocycles.